The zero-order chi connectivity index (χ0) is 15.7. The average molecular weight is 312 g/mol. The molecule has 9 atom stereocenters. The Morgan fingerprint density at radius 1 is 0.714 bits per heavy atom. The third-order valence-electron chi connectivity index (χ3n) is 3.63. The van der Waals surface area contributed by atoms with Gasteiger partial charge >= 0.3 is 0 Å². The van der Waals surface area contributed by atoms with Crippen LogP contribution in [-0.4, -0.2) is 104 Å². The summed E-state index contributed by atoms with van der Waals surface area (Å²) in [5.41, 5.74) is 0. The summed E-state index contributed by atoms with van der Waals surface area (Å²) in [6.45, 7) is -1.18. The standard InChI is InChI=1S/C11H20O10/c12-1-3-5(14)6(15)7(16)11(20-3)21-9-4(2-13)19-10(18)8(9)17/h3-18H,1-2H2/t3-,4-,5-,6+,7-,8+,9-,10+,11-/m1/s1. The van der Waals surface area contributed by atoms with Crippen LogP contribution >= 0.6 is 0 Å². The Morgan fingerprint density at radius 3 is 1.90 bits per heavy atom. The molecule has 7 N–H and O–H groups in total. The molecule has 2 heterocycles. The first-order valence-electron chi connectivity index (χ1n) is 6.49. The van der Waals surface area contributed by atoms with Crippen molar-refractivity contribution in [3.8, 4) is 0 Å². The second kappa shape index (κ2) is 6.79. The van der Waals surface area contributed by atoms with Gasteiger partial charge in [-0.15, -0.1) is 0 Å². The van der Waals surface area contributed by atoms with E-state index in [-0.39, 0.29) is 0 Å². The minimum Gasteiger partial charge on any atom is -0.394 e. The van der Waals surface area contributed by atoms with E-state index < -0.39 is 68.5 Å². The van der Waals surface area contributed by atoms with E-state index in [9.17, 15) is 25.5 Å². The topological polar surface area (TPSA) is 169 Å². The lowest BCUT2D eigenvalue weighted by atomic mass is 9.99. The number of ether oxygens (including phenoxy) is 3. The maximum absolute atomic E-state index is 9.80. The maximum atomic E-state index is 9.80. The molecule has 2 fully saturated rings. The Hall–Kier alpha value is -0.400. The van der Waals surface area contributed by atoms with Crippen molar-refractivity contribution in [3.05, 3.63) is 0 Å². The van der Waals surface area contributed by atoms with Crippen LogP contribution in [0.3, 0.4) is 0 Å². The van der Waals surface area contributed by atoms with E-state index in [1.165, 1.54) is 0 Å². The molecule has 0 saturated carbocycles. The zero-order valence-corrected chi connectivity index (χ0v) is 11.0. The molecule has 124 valence electrons. The fourth-order valence-corrected chi connectivity index (χ4v) is 2.37. The highest BCUT2D eigenvalue weighted by molar-refractivity contribution is 4.92. The van der Waals surface area contributed by atoms with Crippen LogP contribution < -0.4 is 0 Å². The maximum Gasteiger partial charge on any atom is 0.187 e. The number of hydrogen-bond acceptors (Lipinski definition) is 10. The Kier molecular flexibility index (Phi) is 5.48. The second-order valence-electron chi connectivity index (χ2n) is 5.04. The van der Waals surface area contributed by atoms with Crippen LogP contribution in [0.1, 0.15) is 0 Å². The van der Waals surface area contributed by atoms with Crippen molar-refractivity contribution in [1.82, 2.24) is 0 Å². The van der Waals surface area contributed by atoms with Gasteiger partial charge in [-0.1, -0.05) is 0 Å². The van der Waals surface area contributed by atoms with Crippen molar-refractivity contribution in [2.75, 3.05) is 13.2 Å². The molecule has 10 nitrogen and oxygen atoms in total. The molecule has 2 aliphatic rings. The molecule has 0 aromatic heterocycles. The summed E-state index contributed by atoms with van der Waals surface area (Å²) in [7, 11) is 0. The molecular weight excluding hydrogens is 292 g/mol. The van der Waals surface area contributed by atoms with E-state index in [1.807, 2.05) is 0 Å². The number of rotatable bonds is 4. The normalized spacial score (nSPS) is 51.3. The van der Waals surface area contributed by atoms with Gasteiger partial charge < -0.3 is 50.0 Å². The highest BCUT2D eigenvalue weighted by Gasteiger charge is 2.49. The largest absolute Gasteiger partial charge is 0.394 e. The smallest absolute Gasteiger partial charge is 0.187 e. The van der Waals surface area contributed by atoms with Crippen LogP contribution in [-0.2, 0) is 14.2 Å². The molecule has 0 aliphatic carbocycles. The molecule has 21 heavy (non-hydrogen) atoms. The molecule has 0 unspecified atom stereocenters. The minimum absolute atomic E-state index is 0.559. The number of aliphatic hydroxyl groups excluding tert-OH is 7. The summed E-state index contributed by atoms with van der Waals surface area (Å²) in [6.07, 6.45) is -12.8. The van der Waals surface area contributed by atoms with Gasteiger partial charge in [0.15, 0.2) is 12.6 Å². The monoisotopic (exact) mass is 312 g/mol. The molecule has 0 bridgehead atoms. The quantitative estimate of drug-likeness (QED) is 0.267. The molecule has 2 aliphatic heterocycles. The second-order valence-corrected chi connectivity index (χ2v) is 5.04. The first kappa shape index (κ1) is 17.0. The lowest BCUT2D eigenvalue weighted by Gasteiger charge is -2.41. The SMILES string of the molecule is OC[C@H]1O[C@H](O[C@H]2[C@H](O)[C@@H](O)O[C@@H]2CO)[C@H](O)[C@@H](O)[C@@H]1O. The van der Waals surface area contributed by atoms with Gasteiger partial charge in [0.05, 0.1) is 13.2 Å². The van der Waals surface area contributed by atoms with Gasteiger partial charge in [-0.2, -0.15) is 0 Å². The Bertz CT molecular complexity index is 339. The van der Waals surface area contributed by atoms with Gasteiger partial charge in [0, 0.05) is 0 Å². The van der Waals surface area contributed by atoms with Crippen molar-refractivity contribution >= 4 is 0 Å². The van der Waals surface area contributed by atoms with E-state index in [0.29, 0.717) is 0 Å². The highest BCUT2D eigenvalue weighted by atomic mass is 16.7. The lowest BCUT2D eigenvalue weighted by Crippen LogP contribution is -2.60. The van der Waals surface area contributed by atoms with Gasteiger partial charge in [0.2, 0.25) is 0 Å². The number of hydrogen-bond donors (Lipinski definition) is 7. The molecule has 0 radical (unpaired) electrons. The summed E-state index contributed by atoms with van der Waals surface area (Å²) < 4.78 is 15.2. The summed E-state index contributed by atoms with van der Waals surface area (Å²) in [5, 5.41) is 66.3. The molecule has 2 saturated heterocycles. The fourth-order valence-electron chi connectivity index (χ4n) is 2.37. The highest BCUT2D eigenvalue weighted by Crippen LogP contribution is 2.28. The van der Waals surface area contributed by atoms with Crippen LogP contribution in [0.5, 0.6) is 0 Å². The summed E-state index contributed by atoms with van der Waals surface area (Å²) in [6, 6.07) is 0. The summed E-state index contributed by atoms with van der Waals surface area (Å²) >= 11 is 0. The molecule has 2 rings (SSSR count). The number of aliphatic hydroxyl groups is 7. The predicted octanol–water partition coefficient (Wildman–Crippen LogP) is -4.76. The van der Waals surface area contributed by atoms with Crippen molar-refractivity contribution in [1.29, 1.82) is 0 Å². The summed E-state index contributed by atoms with van der Waals surface area (Å²) in [5.74, 6) is 0. The first-order valence-corrected chi connectivity index (χ1v) is 6.49. The van der Waals surface area contributed by atoms with E-state index >= 15 is 0 Å². The lowest BCUT2D eigenvalue weighted by molar-refractivity contribution is -0.318. The first-order chi connectivity index (χ1) is 9.90. The predicted molar refractivity (Wildman–Crippen MR) is 62.6 cm³/mol. The van der Waals surface area contributed by atoms with Gasteiger partial charge in [0.1, 0.15) is 42.7 Å². The van der Waals surface area contributed by atoms with E-state index in [2.05, 4.69) is 0 Å². The fraction of sp³-hybridized carbons (Fsp3) is 1.00. The molecular formula is C11H20O10. The molecule has 0 spiro atoms. The molecule has 0 amide bonds. The van der Waals surface area contributed by atoms with Crippen molar-refractivity contribution in [2.24, 2.45) is 0 Å². The van der Waals surface area contributed by atoms with Crippen molar-refractivity contribution < 1.29 is 50.0 Å². The van der Waals surface area contributed by atoms with Crippen LogP contribution in [0, 0.1) is 0 Å². The van der Waals surface area contributed by atoms with Gasteiger partial charge in [-0.05, 0) is 0 Å². The van der Waals surface area contributed by atoms with Crippen LogP contribution in [0.4, 0.5) is 0 Å². The Labute approximate surface area is 119 Å². The third-order valence-corrected chi connectivity index (χ3v) is 3.63. The molecule has 0 aromatic carbocycles. The molecule has 0 aromatic rings. The Morgan fingerprint density at radius 2 is 1.33 bits per heavy atom. The zero-order valence-electron chi connectivity index (χ0n) is 11.0. The average Bonchev–Trinajstić information content (AvgIpc) is 2.75. The van der Waals surface area contributed by atoms with E-state index in [0.717, 1.165) is 0 Å². The van der Waals surface area contributed by atoms with Crippen LogP contribution in [0.25, 0.3) is 0 Å². The minimum atomic E-state index is -1.65. The van der Waals surface area contributed by atoms with Crippen molar-refractivity contribution in [2.45, 2.75) is 55.3 Å². The van der Waals surface area contributed by atoms with Gasteiger partial charge in [-0.3, -0.25) is 0 Å². The van der Waals surface area contributed by atoms with Crippen LogP contribution in [0.2, 0.25) is 0 Å². The molecule has 10 heteroatoms. The van der Waals surface area contributed by atoms with Gasteiger partial charge in [-0.25, -0.2) is 0 Å². The third kappa shape index (κ3) is 3.19. The van der Waals surface area contributed by atoms with Crippen LogP contribution in [0.15, 0.2) is 0 Å². The van der Waals surface area contributed by atoms with Gasteiger partial charge in [0.25, 0.3) is 0 Å². The van der Waals surface area contributed by atoms with Crippen molar-refractivity contribution in [3.63, 3.8) is 0 Å². The van der Waals surface area contributed by atoms with E-state index in [1.54, 1.807) is 0 Å². The van der Waals surface area contributed by atoms with E-state index in [4.69, 9.17) is 24.4 Å². The Balaban J connectivity index is 2.07. The summed E-state index contributed by atoms with van der Waals surface area (Å²) in [4.78, 5) is 0.